The van der Waals surface area contributed by atoms with Crippen LogP contribution in [0, 0.1) is 17.7 Å². The highest BCUT2D eigenvalue weighted by Gasteiger charge is 2.47. The third kappa shape index (κ3) is 5.85. The van der Waals surface area contributed by atoms with Gasteiger partial charge in [0.25, 0.3) is 0 Å². The Morgan fingerprint density at radius 3 is 2.10 bits per heavy atom. The minimum atomic E-state index is -4.95. The van der Waals surface area contributed by atoms with E-state index in [0.717, 1.165) is 24.2 Å². The zero-order valence-corrected chi connectivity index (χ0v) is 21.2. The molecule has 10 heteroatoms. The maximum Gasteiger partial charge on any atom is 0.416 e. The second kappa shape index (κ2) is 10.3. The molecular formula is C29H28F7NO2. The normalized spacial score (nSPS) is 26.5. The van der Waals surface area contributed by atoms with Crippen LogP contribution in [-0.2, 0) is 21.9 Å². The van der Waals surface area contributed by atoms with Crippen molar-refractivity contribution in [2.45, 2.75) is 63.1 Å². The Morgan fingerprint density at radius 1 is 0.897 bits per heavy atom. The molecule has 0 N–H and O–H groups in total. The molecule has 0 bridgehead atoms. The van der Waals surface area contributed by atoms with Crippen molar-refractivity contribution in [3.05, 3.63) is 82.3 Å². The van der Waals surface area contributed by atoms with Gasteiger partial charge in [0.15, 0.2) is 5.78 Å². The molecule has 0 amide bonds. The van der Waals surface area contributed by atoms with Crippen molar-refractivity contribution in [2.75, 3.05) is 13.1 Å². The summed E-state index contributed by atoms with van der Waals surface area (Å²) in [5, 5.41) is 0. The number of carbonyl (C=O) groups excluding carboxylic acids is 1. The van der Waals surface area contributed by atoms with Gasteiger partial charge in [-0.1, -0.05) is 12.1 Å². The van der Waals surface area contributed by atoms with Crippen LogP contribution in [0.25, 0.3) is 0 Å². The first kappa shape index (κ1) is 27.7. The highest BCUT2D eigenvalue weighted by Crippen LogP contribution is 2.49. The molecule has 1 aliphatic heterocycles. The molecule has 1 saturated heterocycles. The Morgan fingerprint density at radius 2 is 1.54 bits per heavy atom. The molecule has 2 aromatic carbocycles. The van der Waals surface area contributed by atoms with E-state index < -0.39 is 41.5 Å². The Labute approximate surface area is 221 Å². The van der Waals surface area contributed by atoms with Crippen LogP contribution in [0.2, 0.25) is 0 Å². The lowest BCUT2D eigenvalue weighted by Gasteiger charge is -2.41. The lowest BCUT2D eigenvalue weighted by molar-refractivity contribution is -0.143. The number of ether oxygens (including phenoxy) is 1. The molecule has 3 nitrogen and oxygen atoms in total. The summed E-state index contributed by atoms with van der Waals surface area (Å²) in [6, 6.07) is 7.53. The molecular weight excluding hydrogens is 527 g/mol. The summed E-state index contributed by atoms with van der Waals surface area (Å²) in [6.45, 7) is 2.85. The second-order valence-electron chi connectivity index (χ2n) is 10.7. The van der Waals surface area contributed by atoms with Crippen molar-refractivity contribution in [1.82, 2.24) is 4.90 Å². The first-order valence-corrected chi connectivity index (χ1v) is 13.0. The topological polar surface area (TPSA) is 29.5 Å². The number of fused-ring (bicyclic) bond motifs is 1. The van der Waals surface area contributed by atoms with E-state index in [1.165, 1.54) is 19.1 Å². The molecule has 0 aromatic heterocycles. The second-order valence-corrected chi connectivity index (χ2v) is 10.7. The van der Waals surface area contributed by atoms with Crippen LogP contribution in [0.5, 0.6) is 0 Å². The van der Waals surface area contributed by atoms with E-state index in [1.807, 2.05) is 0 Å². The number of hydrogen-bond donors (Lipinski definition) is 0. The van der Waals surface area contributed by atoms with Gasteiger partial charge in [-0.25, -0.2) is 4.39 Å². The van der Waals surface area contributed by atoms with Crippen LogP contribution in [0.4, 0.5) is 30.7 Å². The molecule has 2 aromatic rings. The highest BCUT2D eigenvalue weighted by molar-refractivity contribution is 5.92. The number of likely N-dealkylation sites (tertiary alicyclic amines) is 1. The summed E-state index contributed by atoms with van der Waals surface area (Å²) in [5.74, 6) is -0.252. The number of ketones is 1. The molecule has 5 atom stereocenters. The van der Waals surface area contributed by atoms with Gasteiger partial charge in [0, 0.05) is 37.2 Å². The molecule has 39 heavy (non-hydrogen) atoms. The molecule has 0 spiro atoms. The third-order valence-electron chi connectivity index (χ3n) is 8.25. The van der Waals surface area contributed by atoms with Gasteiger partial charge in [0.2, 0.25) is 0 Å². The molecule has 3 aliphatic rings. The lowest BCUT2D eigenvalue weighted by atomic mass is 9.69. The van der Waals surface area contributed by atoms with Crippen LogP contribution in [0.15, 0.2) is 54.2 Å². The quantitative estimate of drug-likeness (QED) is 0.355. The summed E-state index contributed by atoms with van der Waals surface area (Å²) in [5.41, 5.74) is -1.18. The van der Waals surface area contributed by atoms with E-state index in [4.69, 9.17) is 4.74 Å². The standard InChI is InChI=1S/C29H28F7NO2/c1-16(19-10-20(28(31,32)33)12-21(11-19)29(34,35)36)39-26-9-4-18-14-37(23-7-8-24(38)13-23)15-25(18)27(26)17-2-5-22(30)6-3-17/h2-3,5-6,10-13,16,18,25-27H,4,7-9,14-15H2,1H3/t16?,18-,25-,26+,27+/m1/s1. The Hall–Kier alpha value is -2.88. The zero-order valence-electron chi connectivity index (χ0n) is 21.2. The van der Waals surface area contributed by atoms with Crippen molar-refractivity contribution in [2.24, 2.45) is 11.8 Å². The smallest absolute Gasteiger partial charge is 0.374 e. The minimum Gasteiger partial charge on any atom is -0.374 e. The lowest BCUT2D eigenvalue weighted by Crippen LogP contribution is -2.38. The summed E-state index contributed by atoms with van der Waals surface area (Å²) in [6.07, 6.45) is -7.33. The van der Waals surface area contributed by atoms with Crippen LogP contribution < -0.4 is 0 Å². The van der Waals surface area contributed by atoms with Crippen molar-refractivity contribution < 1.29 is 40.3 Å². The fourth-order valence-corrected chi connectivity index (χ4v) is 6.36. The molecule has 2 aliphatic carbocycles. The fraction of sp³-hybridized carbons (Fsp3) is 0.483. The fourth-order valence-electron chi connectivity index (χ4n) is 6.36. The van der Waals surface area contributed by atoms with E-state index in [1.54, 1.807) is 18.2 Å². The Balaban J connectivity index is 1.45. The number of carbonyl (C=O) groups is 1. The molecule has 1 saturated carbocycles. The predicted molar refractivity (Wildman–Crippen MR) is 129 cm³/mol. The number of allylic oxidation sites excluding steroid dienone is 2. The van der Waals surface area contributed by atoms with Crippen molar-refractivity contribution in [1.29, 1.82) is 0 Å². The van der Waals surface area contributed by atoms with Gasteiger partial charge in [-0.05, 0) is 79.5 Å². The third-order valence-corrected chi connectivity index (χ3v) is 8.25. The summed E-state index contributed by atoms with van der Waals surface area (Å²) in [7, 11) is 0. The van der Waals surface area contributed by atoms with E-state index in [2.05, 4.69) is 4.90 Å². The van der Waals surface area contributed by atoms with Gasteiger partial charge in [-0.15, -0.1) is 0 Å². The van der Waals surface area contributed by atoms with E-state index in [0.29, 0.717) is 37.9 Å². The van der Waals surface area contributed by atoms with Crippen molar-refractivity contribution in [3.63, 3.8) is 0 Å². The van der Waals surface area contributed by atoms with Crippen LogP contribution >= 0.6 is 0 Å². The first-order valence-electron chi connectivity index (χ1n) is 13.0. The Bertz CT molecular complexity index is 1220. The number of nitrogens with zero attached hydrogens (tertiary/aromatic N) is 1. The van der Waals surface area contributed by atoms with Gasteiger partial charge in [-0.2, -0.15) is 26.3 Å². The maximum atomic E-state index is 13.8. The molecule has 1 heterocycles. The van der Waals surface area contributed by atoms with E-state index in [9.17, 15) is 35.5 Å². The SMILES string of the molecule is CC(O[C@H]1CC[C@@H]2CN(C3=CC(=O)CC3)C[C@H]2[C@@H]1c1ccc(F)cc1)c1cc(C(F)(F)F)cc(C(F)(F)F)c1. The van der Waals surface area contributed by atoms with Crippen molar-refractivity contribution in [3.8, 4) is 0 Å². The molecule has 2 fully saturated rings. The van der Waals surface area contributed by atoms with Crippen LogP contribution in [0.3, 0.4) is 0 Å². The van der Waals surface area contributed by atoms with Gasteiger partial charge in [0.1, 0.15) is 5.82 Å². The van der Waals surface area contributed by atoms with Crippen LogP contribution in [0.1, 0.15) is 66.9 Å². The number of benzene rings is 2. The molecule has 0 radical (unpaired) electrons. The summed E-state index contributed by atoms with van der Waals surface area (Å²) in [4.78, 5) is 14.0. The molecule has 1 unspecified atom stereocenters. The molecule has 5 rings (SSSR count). The highest BCUT2D eigenvalue weighted by atomic mass is 19.4. The first-order chi connectivity index (χ1) is 18.3. The maximum absolute atomic E-state index is 13.8. The zero-order chi connectivity index (χ0) is 28.1. The number of halogens is 7. The monoisotopic (exact) mass is 555 g/mol. The van der Waals surface area contributed by atoms with Crippen LogP contribution in [-0.4, -0.2) is 29.9 Å². The van der Waals surface area contributed by atoms with E-state index in [-0.39, 0.29) is 35.2 Å². The number of alkyl halides is 6. The van der Waals surface area contributed by atoms with Gasteiger partial charge in [-0.3, -0.25) is 4.79 Å². The minimum absolute atomic E-state index is 0.0604. The van der Waals surface area contributed by atoms with Crippen molar-refractivity contribution >= 4 is 5.78 Å². The Kier molecular flexibility index (Phi) is 7.28. The number of rotatable bonds is 5. The summed E-state index contributed by atoms with van der Waals surface area (Å²) < 4.78 is 101. The van der Waals surface area contributed by atoms with Gasteiger partial charge < -0.3 is 9.64 Å². The van der Waals surface area contributed by atoms with Gasteiger partial charge in [0.05, 0.1) is 23.3 Å². The largest absolute Gasteiger partial charge is 0.416 e. The predicted octanol–water partition coefficient (Wildman–Crippen LogP) is 7.68. The van der Waals surface area contributed by atoms with Gasteiger partial charge >= 0.3 is 12.4 Å². The van der Waals surface area contributed by atoms with E-state index >= 15 is 0 Å². The average Bonchev–Trinajstić information content (AvgIpc) is 3.49. The summed E-state index contributed by atoms with van der Waals surface area (Å²) >= 11 is 0. The number of hydrogen-bond acceptors (Lipinski definition) is 3. The molecule has 210 valence electrons. The average molecular weight is 556 g/mol.